The minimum Gasteiger partial charge on any atom is -0.508 e. The molecule has 1 aromatic rings. The Morgan fingerprint density at radius 1 is 0.556 bits per heavy atom. The van der Waals surface area contributed by atoms with E-state index in [0.29, 0.717) is 19.3 Å². The summed E-state index contributed by atoms with van der Waals surface area (Å²) in [4.78, 5) is 23.8. The number of hydrogen-bond acceptors (Lipinski definition) is 3. The van der Waals surface area contributed by atoms with Crippen LogP contribution >= 0.6 is 0 Å². The minimum absolute atomic E-state index is 0.125. The van der Waals surface area contributed by atoms with Gasteiger partial charge in [-0.05, 0) is 30.5 Å². The average molecular weight is 503 g/mol. The molecule has 0 atom stereocenters. The van der Waals surface area contributed by atoms with Crippen LogP contribution in [0.5, 0.6) is 5.75 Å². The van der Waals surface area contributed by atoms with E-state index in [0.717, 1.165) is 18.4 Å². The molecule has 0 saturated carbocycles. The SMILES string of the molecule is CCCCCCCCCCCCCCCCCCCCCC(=O)NNC(=O)CCc1ccc(O)cc1. The number of hydrazine groups is 1. The first-order valence-electron chi connectivity index (χ1n) is 15.0. The summed E-state index contributed by atoms with van der Waals surface area (Å²) < 4.78 is 0. The van der Waals surface area contributed by atoms with Crippen LogP contribution in [0.1, 0.15) is 147 Å². The predicted octanol–water partition coefficient (Wildman–Crippen LogP) is 8.29. The number of amides is 2. The van der Waals surface area contributed by atoms with Crippen molar-refractivity contribution in [3.8, 4) is 5.75 Å². The summed E-state index contributed by atoms with van der Waals surface area (Å²) >= 11 is 0. The van der Waals surface area contributed by atoms with Gasteiger partial charge >= 0.3 is 0 Å². The van der Waals surface area contributed by atoms with Gasteiger partial charge in [0.1, 0.15) is 5.75 Å². The van der Waals surface area contributed by atoms with Crippen LogP contribution in [0, 0.1) is 0 Å². The number of unbranched alkanes of at least 4 members (excludes halogenated alkanes) is 18. The fourth-order valence-corrected chi connectivity index (χ4v) is 4.55. The van der Waals surface area contributed by atoms with Crippen LogP contribution in [-0.4, -0.2) is 16.9 Å². The molecule has 0 aliphatic carbocycles. The van der Waals surface area contributed by atoms with E-state index in [1.807, 2.05) is 0 Å². The van der Waals surface area contributed by atoms with Gasteiger partial charge in [0, 0.05) is 12.8 Å². The molecule has 3 N–H and O–H groups in total. The van der Waals surface area contributed by atoms with Crippen molar-refractivity contribution in [1.82, 2.24) is 10.9 Å². The van der Waals surface area contributed by atoms with E-state index in [-0.39, 0.29) is 17.6 Å². The highest BCUT2D eigenvalue weighted by Gasteiger charge is 2.05. The van der Waals surface area contributed by atoms with E-state index in [1.54, 1.807) is 24.3 Å². The third-order valence-electron chi connectivity index (χ3n) is 6.93. The van der Waals surface area contributed by atoms with Gasteiger partial charge < -0.3 is 5.11 Å². The van der Waals surface area contributed by atoms with Gasteiger partial charge in [-0.2, -0.15) is 0 Å². The maximum absolute atomic E-state index is 11.9. The van der Waals surface area contributed by atoms with Crippen molar-refractivity contribution in [1.29, 1.82) is 0 Å². The summed E-state index contributed by atoms with van der Waals surface area (Å²) in [5.74, 6) is -0.116. The van der Waals surface area contributed by atoms with Crippen LogP contribution in [0.2, 0.25) is 0 Å². The lowest BCUT2D eigenvalue weighted by molar-refractivity contribution is -0.128. The van der Waals surface area contributed by atoms with E-state index < -0.39 is 0 Å². The van der Waals surface area contributed by atoms with Gasteiger partial charge in [-0.1, -0.05) is 135 Å². The molecule has 1 rings (SSSR count). The molecule has 0 fully saturated rings. The first-order valence-corrected chi connectivity index (χ1v) is 15.0. The van der Waals surface area contributed by atoms with E-state index in [4.69, 9.17) is 0 Å². The Morgan fingerprint density at radius 3 is 1.33 bits per heavy atom. The first-order chi connectivity index (χ1) is 17.6. The van der Waals surface area contributed by atoms with Crippen LogP contribution in [0.25, 0.3) is 0 Å². The first kappa shape index (κ1) is 32.0. The molecule has 206 valence electrons. The fraction of sp³-hybridized carbons (Fsp3) is 0.742. The highest BCUT2D eigenvalue weighted by Crippen LogP contribution is 2.15. The Hall–Kier alpha value is -2.04. The van der Waals surface area contributed by atoms with Crippen molar-refractivity contribution in [2.24, 2.45) is 0 Å². The zero-order valence-electron chi connectivity index (χ0n) is 23.1. The summed E-state index contributed by atoms with van der Waals surface area (Å²) in [6, 6.07) is 6.80. The monoisotopic (exact) mass is 502 g/mol. The third-order valence-corrected chi connectivity index (χ3v) is 6.93. The molecule has 0 saturated heterocycles. The maximum Gasteiger partial charge on any atom is 0.238 e. The Balaban J connectivity index is 1.78. The van der Waals surface area contributed by atoms with Crippen molar-refractivity contribution in [3.05, 3.63) is 29.8 Å². The van der Waals surface area contributed by atoms with E-state index in [2.05, 4.69) is 17.8 Å². The topological polar surface area (TPSA) is 78.4 Å². The summed E-state index contributed by atoms with van der Waals surface area (Å²) in [5.41, 5.74) is 5.97. The lowest BCUT2D eigenvalue weighted by atomic mass is 10.0. The molecular formula is C31H54N2O3. The van der Waals surface area contributed by atoms with E-state index in [1.165, 1.54) is 109 Å². The maximum atomic E-state index is 11.9. The molecule has 0 unspecified atom stereocenters. The van der Waals surface area contributed by atoms with Crippen LogP contribution in [0.15, 0.2) is 24.3 Å². The number of carbonyl (C=O) groups excluding carboxylic acids is 2. The molecule has 0 spiro atoms. The quantitative estimate of drug-likeness (QED) is 0.104. The number of nitrogens with one attached hydrogen (secondary N) is 2. The number of phenols is 1. The van der Waals surface area contributed by atoms with Crippen LogP contribution in [0.4, 0.5) is 0 Å². The molecule has 5 heteroatoms. The number of hydrogen-bond donors (Lipinski definition) is 3. The van der Waals surface area contributed by atoms with Crippen molar-refractivity contribution in [3.63, 3.8) is 0 Å². The summed E-state index contributed by atoms with van der Waals surface area (Å²) in [6.07, 6.45) is 26.7. The van der Waals surface area contributed by atoms with E-state index >= 15 is 0 Å². The van der Waals surface area contributed by atoms with Crippen LogP contribution in [-0.2, 0) is 16.0 Å². The second kappa shape index (κ2) is 23.4. The predicted molar refractivity (Wildman–Crippen MR) is 151 cm³/mol. The highest BCUT2D eigenvalue weighted by atomic mass is 16.3. The van der Waals surface area contributed by atoms with Gasteiger partial charge in [0.05, 0.1) is 0 Å². The average Bonchev–Trinajstić information content (AvgIpc) is 2.88. The second-order valence-corrected chi connectivity index (χ2v) is 10.4. The highest BCUT2D eigenvalue weighted by molar-refractivity contribution is 5.81. The lowest BCUT2D eigenvalue weighted by Crippen LogP contribution is -2.41. The zero-order chi connectivity index (χ0) is 26.1. The summed E-state index contributed by atoms with van der Waals surface area (Å²) in [6.45, 7) is 2.28. The molecule has 5 nitrogen and oxygen atoms in total. The number of rotatable bonds is 23. The number of benzene rings is 1. The lowest BCUT2D eigenvalue weighted by Gasteiger charge is -2.08. The number of phenolic OH excluding ortho intramolecular Hbond substituents is 1. The van der Waals surface area contributed by atoms with Crippen molar-refractivity contribution < 1.29 is 14.7 Å². The molecule has 0 bridgehead atoms. The second-order valence-electron chi connectivity index (χ2n) is 10.4. The molecule has 1 aromatic carbocycles. The van der Waals surface area contributed by atoms with Gasteiger partial charge in [-0.15, -0.1) is 0 Å². The smallest absolute Gasteiger partial charge is 0.238 e. The summed E-state index contributed by atoms with van der Waals surface area (Å²) in [7, 11) is 0. The van der Waals surface area contributed by atoms with Crippen molar-refractivity contribution in [2.45, 2.75) is 148 Å². The summed E-state index contributed by atoms with van der Waals surface area (Å²) in [5, 5.41) is 9.28. The van der Waals surface area contributed by atoms with Gasteiger partial charge in [-0.3, -0.25) is 20.4 Å². The van der Waals surface area contributed by atoms with Crippen molar-refractivity contribution >= 4 is 11.8 Å². The largest absolute Gasteiger partial charge is 0.508 e. The Kier molecular flexibility index (Phi) is 20.8. The number of carbonyl (C=O) groups is 2. The molecule has 0 aromatic heterocycles. The standard InChI is InChI=1S/C31H54N2O3/c1-2-3-4-5-6-7-8-9-10-11-12-13-14-15-16-17-18-19-20-21-30(35)32-33-31(36)27-24-28-22-25-29(34)26-23-28/h22-23,25-26,34H,2-21,24,27H2,1H3,(H,32,35)(H,33,36). The van der Waals surface area contributed by atoms with Gasteiger partial charge in [-0.25, -0.2) is 0 Å². The molecule has 0 radical (unpaired) electrons. The third kappa shape index (κ3) is 20.2. The molecule has 0 aliphatic heterocycles. The molecule has 0 aliphatic rings. The Morgan fingerprint density at radius 2 is 0.917 bits per heavy atom. The van der Waals surface area contributed by atoms with Crippen LogP contribution in [0.3, 0.4) is 0 Å². The zero-order valence-corrected chi connectivity index (χ0v) is 23.1. The fourth-order valence-electron chi connectivity index (χ4n) is 4.55. The minimum atomic E-state index is -0.204. The number of aryl methyl sites for hydroxylation is 1. The Bertz CT molecular complexity index is 660. The Labute approximate surface area is 221 Å². The number of aromatic hydroxyl groups is 1. The molecule has 2 amide bonds. The van der Waals surface area contributed by atoms with Gasteiger partial charge in [0.25, 0.3) is 0 Å². The van der Waals surface area contributed by atoms with Gasteiger partial charge in [0.15, 0.2) is 0 Å². The van der Waals surface area contributed by atoms with E-state index in [9.17, 15) is 14.7 Å². The molecular weight excluding hydrogens is 448 g/mol. The van der Waals surface area contributed by atoms with Crippen molar-refractivity contribution in [2.75, 3.05) is 0 Å². The molecule has 0 heterocycles. The van der Waals surface area contributed by atoms with Crippen LogP contribution < -0.4 is 10.9 Å². The van der Waals surface area contributed by atoms with Gasteiger partial charge in [0.2, 0.25) is 11.8 Å². The molecule has 36 heavy (non-hydrogen) atoms. The normalized spacial score (nSPS) is 10.9.